The maximum absolute atomic E-state index is 13.3. The van der Waals surface area contributed by atoms with E-state index in [9.17, 15) is 9.59 Å². The number of nitrogens with one attached hydrogen (secondary N) is 1. The van der Waals surface area contributed by atoms with Crippen LogP contribution in [0.5, 0.6) is 0 Å². The minimum atomic E-state index is -0.000703. The minimum Gasteiger partial charge on any atom is -0.341 e. The summed E-state index contributed by atoms with van der Waals surface area (Å²) < 4.78 is 0. The maximum atomic E-state index is 13.3. The van der Waals surface area contributed by atoms with Crippen LogP contribution in [0.1, 0.15) is 50.5 Å². The fourth-order valence-corrected chi connectivity index (χ4v) is 6.36. The van der Waals surface area contributed by atoms with E-state index in [4.69, 9.17) is 0 Å². The number of hydrogen-bond donors (Lipinski definition) is 1. The molecule has 4 aliphatic rings. The first-order chi connectivity index (χ1) is 14.2. The highest BCUT2D eigenvalue weighted by atomic mass is 16.2. The highest BCUT2D eigenvalue weighted by molar-refractivity contribution is 5.82. The van der Waals surface area contributed by atoms with Crippen LogP contribution < -0.4 is 5.32 Å². The van der Waals surface area contributed by atoms with Crippen molar-refractivity contribution in [1.29, 1.82) is 0 Å². The summed E-state index contributed by atoms with van der Waals surface area (Å²) in [6, 6.07) is 11.1. The molecule has 0 aromatic heterocycles. The topological polar surface area (TPSA) is 52.7 Å². The molecule has 29 heavy (non-hydrogen) atoms. The van der Waals surface area contributed by atoms with Gasteiger partial charge in [-0.25, -0.2) is 0 Å². The quantitative estimate of drug-likeness (QED) is 0.856. The van der Waals surface area contributed by atoms with Crippen LogP contribution in [0.2, 0.25) is 0 Å². The van der Waals surface area contributed by atoms with Gasteiger partial charge in [-0.15, -0.1) is 0 Å². The van der Waals surface area contributed by atoms with Crippen LogP contribution >= 0.6 is 0 Å². The molecule has 0 radical (unpaired) electrons. The Bertz CT molecular complexity index is 746. The lowest BCUT2D eigenvalue weighted by molar-refractivity contribution is -0.156. The summed E-state index contributed by atoms with van der Waals surface area (Å²) in [5.74, 6) is 1.47. The van der Waals surface area contributed by atoms with Crippen molar-refractivity contribution in [2.45, 2.75) is 69.5 Å². The van der Waals surface area contributed by atoms with Crippen molar-refractivity contribution in [3.8, 4) is 0 Å². The Morgan fingerprint density at radius 3 is 2.66 bits per heavy atom. The van der Waals surface area contributed by atoms with Gasteiger partial charge in [0.25, 0.3) is 0 Å². The third-order valence-electron chi connectivity index (χ3n) is 7.70. The molecule has 0 saturated carbocycles. The second-order valence-electron chi connectivity index (χ2n) is 9.52. The van der Waals surface area contributed by atoms with E-state index in [2.05, 4.69) is 39.4 Å². The molecule has 4 aliphatic heterocycles. The fourth-order valence-electron chi connectivity index (χ4n) is 6.36. The Morgan fingerprint density at radius 1 is 1.03 bits per heavy atom. The van der Waals surface area contributed by atoms with Crippen molar-refractivity contribution in [3.05, 3.63) is 35.9 Å². The van der Waals surface area contributed by atoms with Gasteiger partial charge in [-0.05, 0) is 62.5 Å². The molecule has 4 heterocycles. The van der Waals surface area contributed by atoms with Gasteiger partial charge >= 0.3 is 0 Å². The molecule has 5 atom stereocenters. The van der Waals surface area contributed by atoms with Crippen molar-refractivity contribution in [1.82, 2.24) is 15.1 Å². The average molecular weight is 396 g/mol. The number of piperidine rings is 4. The standard InChI is InChI=1S/C24H33N3O2/c28-23-11-6-10-21-18-14-19(22(27(21)23)13-17-7-2-1-3-8-17)16-26(15-18)24(29)20-9-4-5-12-25-20/h1-3,7-8,18-22,25H,4-6,9-16H2/t18-,19+,20-,21+,22+/m1/s1. The Balaban J connectivity index is 1.40. The van der Waals surface area contributed by atoms with Gasteiger partial charge in [0.1, 0.15) is 0 Å². The van der Waals surface area contributed by atoms with E-state index in [0.717, 1.165) is 58.2 Å². The highest BCUT2D eigenvalue weighted by Gasteiger charge is 2.50. The van der Waals surface area contributed by atoms with Gasteiger partial charge in [0.2, 0.25) is 11.8 Å². The Labute approximate surface area is 173 Å². The maximum Gasteiger partial charge on any atom is 0.239 e. The van der Waals surface area contributed by atoms with Crippen LogP contribution in [-0.4, -0.2) is 59.4 Å². The molecular weight excluding hydrogens is 362 g/mol. The molecule has 0 unspecified atom stereocenters. The normalized spacial score (nSPS) is 34.6. The summed E-state index contributed by atoms with van der Waals surface area (Å²) in [6.07, 6.45) is 8.13. The third-order valence-corrected chi connectivity index (χ3v) is 7.70. The van der Waals surface area contributed by atoms with Gasteiger partial charge in [-0.3, -0.25) is 9.59 Å². The summed E-state index contributed by atoms with van der Waals surface area (Å²) in [4.78, 5) is 30.6. The Morgan fingerprint density at radius 2 is 1.86 bits per heavy atom. The van der Waals surface area contributed by atoms with Crippen LogP contribution in [-0.2, 0) is 16.0 Å². The molecule has 1 aromatic rings. The number of carbonyl (C=O) groups excluding carboxylic acids is 2. The second kappa shape index (κ2) is 8.10. The van der Waals surface area contributed by atoms with Crippen LogP contribution in [0.25, 0.3) is 0 Å². The van der Waals surface area contributed by atoms with Gasteiger partial charge in [-0.2, -0.15) is 0 Å². The predicted octanol–water partition coefficient (Wildman–Crippen LogP) is 2.60. The molecule has 5 heteroatoms. The van der Waals surface area contributed by atoms with E-state index in [0.29, 0.717) is 36.1 Å². The Kier molecular flexibility index (Phi) is 5.33. The molecule has 2 amide bonds. The number of rotatable bonds is 3. The number of hydrogen-bond acceptors (Lipinski definition) is 3. The van der Waals surface area contributed by atoms with Crippen molar-refractivity contribution < 1.29 is 9.59 Å². The van der Waals surface area contributed by atoms with Gasteiger partial charge in [-0.1, -0.05) is 36.8 Å². The van der Waals surface area contributed by atoms with Crippen molar-refractivity contribution >= 4 is 11.8 Å². The number of carbonyl (C=O) groups is 2. The number of likely N-dealkylation sites (tertiary alicyclic amines) is 1. The average Bonchev–Trinajstić information content (AvgIpc) is 2.77. The van der Waals surface area contributed by atoms with Crippen molar-refractivity contribution in [2.24, 2.45) is 11.8 Å². The third kappa shape index (κ3) is 3.70. The summed E-state index contributed by atoms with van der Waals surface area (Å²) in [7, 11) is 0. The molecule has 4 saturated heterocycles. The second-order valence-corrected chi connectivity index (χ2v) is 9.52. The number of nitrogens with zero attached hydrogens (tertiary/aromatic N) is 2. The zero-order valence-corrected chi connectivity index (χ0v) is 17.3. The molecule has 5 nitrogen and oxygen atoms in total. The smallest absolute Gasteiger partial charge is 0.239 e. The van der Waals surface area contributed by atoms with E-state index >= 15 is 0 Å². The first-order valence-corrected chi connectivity index (χ1v) is 11.6. The molecule has 156 valence electrons. The molecule has 1 aromatic carbocycles. The predicted molar refractivity (Wildman–Crippen MR) is 112 cm³/mol. The molecule has 0 aliphatic carbocycles. The Hall–Kier alpha value is -1.88. The monoisotopic (exact) mass is 395 g/mol. The number of amides is 2. The van der Waals surface area contributed by atoms with Crippen LogP contribution in [0.15, 0.2) is 30.3 Å². The summed E-state index contributed by atoms with van der Waals surface area (Å²) in [6.45, 7) is 2.60. The lowest BCUT2D eigenvalue weighted by Crippen LogP contribution is -2.67. The molecule has 1 N–H and O–H groups in total. The fraction of sp³-hybridized carbons (Fsp3) is 0.667. The first kappa shape index (κ1) is 19.1. The van der Waals surface area contributed by atoms with Crippen LogP contribution in [0.4, 0.5) is 0 Å². The minimum absolute atomic E-state index is 0.000703. The van der Waals surface area contributed by atoms with E-state index in [1.165, 1.54) is 12.0 Å². The molecule has 0 spiro atoms. The number of fused-ring (bicyclic) bond motifs is 4. The van der Waals surface area contributed by atoms with Gasteiger partial charge in [0, 0.05) is 31.6 Å². The van der Waals surface area contributed by atoms with E-state index in [1.54, 1.807) is 0 Å². The van der Waals surface area contributed by atoms with Crippen molar-refractivity contribution in [2.75, 3.05) is 19.6 Å². The molecule has 4 fully saturated rings. The van der Waals surface area contributed by atoms with E-state index < -0.39 is 0 Å². The van der Waals surface area contributed by atoms with Crippen LogP contribution in [0.3, 0.4) is 0 Å². The lowest BCUT2D eigenvalue weighted by atomic mass is 9.70. The highest BCUT2D eigenvalue weighted by Crippen LogP contribution is 2.42. The zero-order valence-electron chi connectivity index (χ0n) is 17.3. The van der Waals surface area contributed by atoms with Gasteiger partial charge < -0.3 is 15.1 Å². The summed E-state index contributed by atoms with van der Waals surface area (Å²) in [5, 5.41) is 3.44. The van der Waals surface area contributed by atoms with Crippen LogP contribution in [0, 0.1) is 11.8 Å². The first-order valence-electron chi connectivity index (χ1n) is 11.6. The zero-order chi connectivity index (χ0) is 19.8. The van der Waals surface area contributed by atoms with Gasteiger partial charge in [0.15, 0.2) is 0 Å². The van der Waals surface area contributed by atoms with E-state index in [1.807, 2.05) is 6.07 Å². The van der Waals surface area contributed by atoms with E-state index in [-0.39, 0.29) is 12.1 Å². The summed E-state index contributed by atoms with van der Waals surface area (Å²) in [5.41, 5.74) is 1.30. The largest absolute Gasteiger partial charge is 0.341 e. The number of benzene rings is 1. The summed E-state index contributed by atoms with van der Waals surface area (Å²) >= 11 is 0. The SMILES string of the molecule is O=C([C@H]1CCCCN1)N1C[C@H]2C[C@@H](C1)[C@H](Cc1ccccc1)N1C(=O)CCC[C@@H]21. The van der Waals surface area contributed by atoms with Gasteiger partial charge in [0.05, 0.1) is 6.04 Å². The van der Waals surface area contributed by atoms with Crippen molar-refractivity contribution in [3.63, 3.8) is 0 Å². The molecule has 2 bridgehead atoms. The molecule has 5 rings (SSSR count). The lowest BCUT2D eigenvalue weighted by Gasteiger charge is -2.57. The molecular formula is C24H33N3O2.